The zero-order valence-electron chi connectivity index (χ0n) is 31.3. The molecule has 0 bridgehead atoms. The van der Waals surface area contributed by atoms with E-state index in [0.29, 0.717) is 0 Å². The Morgan fingerprint density at radius 3 is 1.57 bits per heavy atom. The van der Waals surface area contributed by atoms with Crippen LogP contribution in [0.4, 0.5) is 17.1 Å². The zero-order chi connectivity index (χ0) is 38.0. The third-order valence-electron chi connectivity index (χ3n) is 12.7. The Kier molecular flexibility index (Phi) is 6.37. The molecule has 0 aliphatic heterocycles. The standard InChI is InChI=1S/C55H33NO2/c1-7-23-44-35(15-1)36-16-2-8-24-45(36)55(44)46-25-9-3-17-37(46)43-33-34(31-32-47(43)55)56(49-27-13-22-41-39-19-5-11-28-50(39)58-54(41)49)48-26-10-4-18-38(48)40-21-14-30-52-53(40)42-20-6-12-29-51(42)57-52/h1-33H. The molecule has 0 saturated carbocycles. The van der Waals surface area contributed by atoms with Crippen LogP contribution in [0.2, 0.25) is 0 Å². The summed E-state index contributed by atoms with van der Waals surface area (Å²) in [5.41, 5.74) is 18.8. The van der Waals surface area contributed by atoms with E-state index in [1.165, 1.54) is 44.5 Å². The van der Waals surface area contributed by atoms with Gasteiger partial charge in [-0.3, -0.25) is 0 Å². The third-order valence-corrected chi connectivity index (χ3v) is 12.7. The molecule has 2 aliphatic rings. The van der Waals surface area contributed by atoms with Gasteiger partial charge in [0.05, 0.1) is 16.8 Å². The SMILES string of the molecule is c1ccc(N(c2ccc3c(c2)-c2ccccc2C32c3ccccc3-c3ccccc32)c2cccc3c2oc2ccccc23)c(-c2cccc3oc4ccccc4c23)c1. The molecule has 0 radical (unpaired) electrons. The van der Waals surface area contributed by atoms with Gasteiger partial charge in [0.2, 0.25) is 0 Å². The molecular formula is C55H33NO2. The molecule has 0 atom stereocenters. The van der Waals surface area contributed by atoms with E-state index < -0.39 is 5.41 Å². The van der Waals surface area contributed by atoms with Gasteiger partial charge >= 0.3 is 0 Å². The highest BCUT2D eigenvalue weighted by atomic mass is 16.3. The zero-order valence-corrected chi connectivity index (χ0v) is 31.3. The smallest absolute Gasteiger partial charge is 0.159 e. The van der Waals surface area contributed by atoms with E-state index in [4.69, 9.17) is 8.83 Å². The topological polar surface area (TPSA) is 29.5 Å². The highest BCUT2D eigenvalue weighted by Gasteiger charge is 2.51. The average Bonchev–Trinajstić information content (AvgIpc) is 4.02. The number of hydrogen-bond donors (Lipinski definition) is 0. The lowest BCUT2D eigenvalue weighted by molar-refractivity contribution is 0.668. The Balaban J connectivity index is 1.11. The summed E-state index contributed by atoms with van der Waals surface area (Å²) in [7, 11) is 0. The molecule has 0 N–H and O–H groups in total. The van der Waals surface area contributed by atoms with Crippen LogP contribution in [0.25, 0.3) is 77.3 Å². The summed E-state index contributed by atoms with van der Waals surface area (Å²) in [4.78, 5) is 2.41. The molecule has 2 aromatic heterocycles. The Bertz CT molecular complexity index is 3450. The number of furan rings is 2. The van der Waals surface area contributed by atoms with Crippen LogP contribution in [0, 0.1) is 0 Å². The lowest BCUT2D eigenvalue weighted by Crippen LogP contribution is -2.25. The van der Waals surface area contributed by atoms with Crippen molar-refractivity contribution < 1.29 is 8.83 Å². The maximum absolute atomic E-state index is 6.82. The average molecular weight is 740 g/mol. The van der Waals surface area contributed by atoms with Gasteiger partial charge in [0.15, 0.2) is 5.58 Å². The molecule has 2 heterocycles. The van der Waals surface area contributed by atoms with Crippen LogP contribution in [0.15, 0.2) is 209 Å². The molecule has 3 heteroatoms. The minimum atomic E-state index is -0.420. The molecule has 1 spiro atoms. The van der Waals surface area contributed by atoms with Crippen LogP contribution in [-0.2, 0) is 5.41 Å². The third kappa shape index (κ3) is 4.07. The van der Waals surface area contributed by atoms with Crippen molar-refractivity contribution in [1.29, 1.82) is 0 Å². The second-order valence-electron chi connectivity index (χ2n) is 15.5. The largest absolute Gasteiger partial charge is 0.456 e. The van der Waals surface area contributed by atoms with Gasteiger partial charge in [0.1, 0.15) is 16.7 Å². The van der Waals surface area contributed by atoms with E-state index in [1.807, 2.05) is 12.1 Å². The molecule has 0 unspecified atom stereocenters. The maximum Gasteiger partial charge on any atom is 0.159 e. The van der Waals surface area contributed by atoms with Gasteiger partial charge in [-0.15, -0.1) is 0 Å². The number of rotatable bonds is 4. The molecule has 0 fully saturated rings. The number of para-hydroxylation sites is 4. The van der Waals surface area contributed by atoms with Crippen molar-refractivity contribution in [3.8, 4) is 33.4 Å². The Labute approximate surface area is 334 Å². The molecule has 58 heavy (non-hydrogen) atoms. The van der Waals surface area contributed by atoms with Crippen molar-refractivity contribution in [2.24, 2.45) is 0 Å². The monoisotopic (exact) mass is 739 g/mol. The van der Waals surface area contributed by atoms with E-state index in [1.54, 1.807) is 0 Å². The predicted molar refractivity (Wildman–Crippen MR) is 237 cm³/mol. The van der Waals surface area contributed by atoms with Gasteiger partial charge in [-0.1, -0.05) is 158 Å². The summed E-state index contributed by atoms with van der Waals surface area (Å²) in [6.07, 6.45) is 0. The van der Waals surface area contributed by atoms with Gasteiger partial charge in [-0.2, -0.15) is 0 Å². The van der Waals surface area contributed by atoms with E-state index in [0.717, 1.165) is 72.1 Å². The number of anilines is 3. The summed E-state index contributed by atoms with van der Waals surface area (Å²) in [6, 6.07) is 72.5. The first-order valence-electron chi connectivity index (χ1n) is 19.9. The summed E-state index contributed by atoms with van der Waals surface area (Å²) in [6.45, 7) is 0. The summed E-state index contributed by atoms with van der Waals surface area (Å²) >= 11 is 0. The molecule has 270 valence electrons. The minimum Gasteiger partial charge on any atom is -0.456 e. The first-order valence-corrected chi connectivity index (χ1v) is 19.9. The molecular weight excluding hydrogens is 707 g/mol. The van der Waals surface area contributed by atoms with Crippen molar-refractivity contribution in [2.45, 2.75) is 5.41 Å². The number of fused-ring (bicyclic) bond motifs is 16. The fourth-order valence-electron chi connectivity index (χ4n) is 10.4. The Morgan fingerprint density at radius 2 is 0.828 bits per heavy atom. The molecule has 2 aliphatic carbocycles. The molecule has 11 aromatic rings. The molecule has 9 aromatic carbocycles. The molecule has 3 nitrogen and oxygen atoms in total. The fourth-order valence-corrected chi connectivity index (χ4v) is 10.4. The van der Waals surface area contributed by atoms with Crippen LogP contribution < -0.4 is 4.90 Å². The number of nitrogens with zero attached hydrogens (tertiary/aromatic N) is 1. The molecule has 13 rings (SSSR count). The highest BCUT2D eigenvalue weighted by molar-refractivity contribution is 6.15. The first kappa shape index (κ1) is 31.6. The van der Waals surface area contributed by atoms with Crippen molar-refractivity contribution >= 4 is 60.9 Å². The second-order valence-corrected chi connectivity index (χ2v) is 15.5. The number of hydrogen-bond acceptors (Lipinski definition) is 3. The van der Waals surface area contributed by atoms with Gasteiger partial charge in [0, 0.05) is 32.8 Å². The van der Waals surface area contributed by atoms with Crippen molar-refractivity contribution in [2.75, 3.05) is 4.90 Å². The summed E-state index contributed by atoms with van der Waals surface area (Å²) in [5.74, 6) is 0. The molecule has 0 amide bonds. The maximum atomic E-state index is 6.82. The lowest BCUT2D eigenvalue weighted by atomic mass is 9.70. The fraction of sp³-hybridized carbons (Fsp3) is 0.0182. The van der Waals surface area contributed by atoms with E-state index in [9.17, 15) is 0 Å². The van der Waals surface area contributed by atoms with Crippen molar-refractivity contribution in [1.82, 2.24) is 0 Å². The highest BCUT2D eigenvalue weighted by Crippen LogP contribution is 2.63. The minimum absolute atomic E-state index is 0.420. The van der Waals surface area contributed by atoms with Crippen LogP contribution in [0.3, 0.4) is 0 Å². The van der Waals surface area contributed by atoms with Gasteiger partial charge < -0.3 is 13.7 Å². The summed E-state index contributed by atoms with van der Waals surface area (Å²) in [5, 5.41) is 4.40. The van der Waals surface area contributed by atoms with Crippen LogP contribution in [0.1, 0.15) is 22.3 Å². The van der Waals surface area contributed by atoms with Crippen LogP contribution in [0.5, 0.6) is 0 Å². The lowest BCUT2D eigenvalue weighted by Gasteiger charge is -2.31. The second kappa shape index (κ2) is 11.7. The number of benzene rings is 9. The quantitative estimate of drug-likeness (QED) is 0.180. The Morgan fingerprint density at radius 1 is 0.328 bits per heavy atom. The normalized spacial score (nSPS) is 13.3. The van der Waals surface area contributed by atoms with Crippen LogP contribution >= 0.6 is 0 Å². The van der Waals surface area contributed by atoms with Crippen molar-refractivity contribution in [3.05, 3.63) is 222 Å². The van der Waals surface area contributed by atoms with Gasteiger partial charge in [-0.05, 0) is 92.5 Å². The van der Waals surface area contributed by atoms with Crippen molar-refractivity contribution in [3.63, 3.8) is 0 Å². The van der Waals surface area contributed by atoms with Crippen LogP contribution in [-0.4, -0.2) is 0 Å². The first-order chi connectivity index (χ1) is 28.8. The Hall–Kier alpha value is -7.62. The predicted octanol–water partition coefficient (Wildman–Crippen LogP) is 15.0. The van der Waals surface area contributed by atoms with Gasteiger partial charge in [0.25, 0.3) is 0 Å². The molecule has 0 saturated heterocycles. The van der Waals surface area contributed by atoms with E-state index in [2.05, 4.69) is 193 Å². The van der Waals surface area contributed by atoms with Gasteiger partial charge in [-0.25, -0.2) is 0 Å². The summed E-state index contributed by atoms with van der Waals surface area (Å²) < 4.78 is 13.2. The van der Waals surface area contributed by atoms with E-state index in [-0.39, 0.29) is 0 Å². The van der Waals surface area contributed by atoms with E-state index >= 15 is 0 Å².